The number of imidazole rings is 1. The van der Waals surface area contributed by atoms with Crippen molar-refractivity contribution in [3.05, 3.63) is 48.3 Å². The Labute approximate surface area is 190 Å². The fraction of sp³-hybridized carbons (Fsp3) is 0.304. The number of nitrogen functional groups attached to an aromatic ring is 1. The quantitative estimate of drug-likeness (QED) is 0.379. The maximum atomic E-state index is 5.92. The molecule has 33 heavy (non-hydrogen) atoms. The van der Waals surface area contributed by atoms with E-state index in [2.05, 4.69) is 54.2 Å². The monoisotopic (exact) mass is 442 g/mol. The molecule has 0 bridgehead atoms. The lowest BCUT2D eigenvalue weighted by molar-refractivity contribution is 0.0307. The third-order valence-electron chi connectivity index (χ3n) is 6.70. The Morgan fingerprint density at radius 3 is 2.70 bits per heavy atom. The topological polar surface area (TPSA) is 128 Å². The molecule has 6 rings (SSSR count). The predicted molar refractivity (Wildman–Crippen MR) is 128 cm³/mol. The van der Waals surface area contributed by atoms with E-state index in [1.165, 1.54) is 0 Å². The molecule has 0 saturated carbocycles. The standard InChI is InChI=1S/C23H26N10/c1-23(33-7-5-32(2)6-8-33)20-18(3-4-27-23)28-22(29-20)19-17-10-15(12-26-21(17)31-30-19)14-9-16(24)13-25-11-14/h3-4,9-13,27H,5-8,24H2,1-2H3,(H,28,29)(H,26,30,31). The van der Waals surface area contributed by atoms with Crippen LogP contribution in [0.4, 0.5) is 5.69 Å². The molecular formula is C23H26N10. The number of likely N-dealkylation sites (N-methyl/N-ethyl adjacent to an activating group) is 1. The van der Waals surface area contributed by atoms with E-state index in [1.807, 2.05) is 24.4 Å². The number of H-pyrrole nitrogens is 2. The van der Waals surface area contributed by atoms with Crippen LogP contribution in [0.15, 0.2) is 36.9 Å². The second-order valence-corrected chi connectivity index (χ2v) is 8.89. The van der Waals surface area contributed by atoms with Crippen molar-refractivity contribution in [2.24, 2.45) is 0 Å². The molecular weight excluding hydrogens is 416 g/mol. The number of anilines is 1. The number of nitrogens with one attached hydrogen (secondary N) is 3. The van der Waals surface area contributed by atoms with Crippen molar-refractivity contribution in [3.8, 4) is 22.6 Å². The minimum atomic E-state index is -0.358. The zero-order valence-electron chi connectivity index (χ0n) is 18.6. The summed E-state index contributed by atoms with van der Waals surface area (Å²) in [5.74, 6) is 0.737. The number of hydrogen-bond acceptors (Lipinski definition) is 8. The van der Waals surface area contributed by atoms with Gasteiger partial charge >= 0.3 is 0 Å². The Bertz CT molecular complexity index is 1360. The second-order valence-electron chi connectivity index (χ2n) is 8.89. The molecule has 10 nitrogen and oxygen atoms in total. The number of nitrogens with two attached hydrogens (primary N) is 1. The van der Waals surface area contributed by atoms with Crippen LogP contribution in [0.1, 0.15) is 18.3 Å². The zero-order chi connectivity index (χ0) is 22.6. The van der Waals surface area contributed by atoms with Crippen molar-refractivity contribution < 1.29 is 0 Å². The molecule has 1 fully saturated rings. The highest BCUT2D eigenvalue weighted by Gasteiger charge is 2.39. The van der Waals surface area contributed by atoms with Crippen LogP contribution in [0.25, 0.3) is 39.8 Å². The summed E-state index contributed by atoms with van der Waals surface area (Å²) in [5.41, 5.74) is 11.4. The minimum Gasteiger partial charge on any atom is -0.397 e. The van der Waals surface area contributed by atoms with Gasteiger partial charge in [-0.1, -0.05) is 0 Å². The number of nitrogens with zero attached hydrogens (tertiary/aromatic N) is 6. The van der Waals surface area contributed by atoms with E-state index in [0.717, 1.165) is 65.6 Å². The summed E-state index contributed by atoms with van der Waals surface area (Å²) >= 11 is 0. The number of aromatic amines is 2. The Hall–Kier alpha value is -3.76. The molecule has 0 aromatic carbocycles. The summed E-state index contributed by atoms with van der Waals surface area (Å²) in [6.07, 6.45) is 9.19. The van der Waals surface area contributed by atoms with Gasteiger partial charge in [-0.3, -0.25) is 15.0 Å². The van der Waals surface area contributed by atoms with Gasteiger partial charge in [-0.15, -0.1) is 0 Å². The predicted octanol–water partition coefficient (Wildman–Crippen LogP) is 1.99. The minimum absolute atomic E-state index is 0.358. The Kier molecular flexibility index (Phi) is 4.46. The molecule has 2 aliphatic rings. The van der Waals surface area contributed by atoms with E-state index < -0.39 is 0 Å². The maximum Gasteiger partial charge on any atom is 0.181 e. The summed E-state index contributed by atoms with van der Waals surface area (Å²) in [4.78, 5) is 22.1. The van der Waals surface area contributed by atoms with Crippen molar-refractivity contribution in [1.29, 1.82) is 0 Å². The maximum absolute atomic E-state index is 5.92. The second kappa shape index (κ2) is 7.39. The third kappa shape index (κ3) is 3.26. The molecule has 0 spiro atoms. The van der Waals surface area contributed by atoms with E-state index in [1.54, 1.807) is 18.6 Å². The van der Waals surface area contributed by atoms with Crippen molar-refractivity contribution in [2.45, 2.75) is 12.6 Å². The molecule has 10 heteroatoms. The van der Waals surface area contributed by atoms with Crippen LogP contribution in [0.5, 0.6) is 0 Å². The summed E-state index contributed by atoms with van der Waals surface area (Å²) < 4.78 is 0. The third-order valence-corrected chi connectivity index (χ3v) is 6.70. The van der Waals surface area contributed by atoms with Crippen LogP contribution in [0.2, 0.25) is 0 Å². The van der Waals surface area contributed by atoms with Crippen LogP contribution < -0.4 is 11.1 Å². The van der Waals surface area contributed by atoms with Crippen molar-refractivity contribution in [1.82, 2.24) is 45.2 Å². The number of hydrogen-bond donors (Lipinski definition) is 4. The molecule has 5 N–H and O–H groups in total. The Balaban J connectivity index is 1.41. The lowest BCUT2D eigenvalue weighted by Crippen LogP contribution is -2.59. The number of aromatic nitrogens is 6. The van der Waals surface area contributed by atoms with Gasteiger partial charge < -0.3 is 20.9 Å². The highest BCUT2D eigenvalue weighted by Crippen LogP contribution is 2.35. The first-order chi connectivity index (χ1) is 16.0. The van der Waals surface area contributed by atoms with Gasteiger partial charge in [-0.25, -0.2) is 9.97 Å². The SMILES string of the molecule is CN1CCN(C2(C)NC=Cc3nc(-c4[nH]nc5ncc(-c6cncc(N)c6)cc45)[nH]c32)CC1. The average molecular weight is 443 g/mol. The van der Waals surface area contributed by atoms with E-state index in [4.69, 9.17) is 10.7 Å². The van der Waals surface area contributed by atoms with Crippen LogP contribution in [-0.4, -0.2) is 73.2 Å². The van der Waals surface area contributed by atoms with Gasteiger partial charge in [0, 0.05) is 62.1 Å². The average Bonchev–Trinajstić information content (AvgIpc) is 3.44. The van der Waals surface area contributed by atoms with Gasteiger partial charge in [0.1, 0.15) is 11.4 Å². The fourth-order valence-electron chi connectivity index (χ4n) is 4.71. The lowest BCUT2D eigenvalue weighted by atomic mass is 10.0. The Morgan fingerprint density at radius 1 is 1.06 bits per heavy atom. The first-order valence-corrected chi connectivity index (χ1v) is 11.0. The van der Waals surface area contributed by atoms with Crippen LogP contribution in [-0.2, 0) is 5.66 Å². The van der Waals surface area contributed by atoms with Crippen LogP contribution in [0, 0.1) is 0 Å². The molecule has 0 aliphatic carbocycles. The molecule has 6 heterocycles. The molecule has 0 amide bonds. The van der Waals surface area contributed by atoms with Gasteiger partial charge in [-0.05, 0) is 32.2 Å². The first kappa shape index (κ1) is 19.9. The van der Waals surface area contributed by atoms with Gasteiger partial charge in [0.25, 0.3) is 0 Å². The molecule has 0 radical (unpaired) electrons. The van der Waals surface area contributed by atoms with Crippen molar-refractivity contribution in [3.63, 3.8) is 0 Å². The molecule has 1 unspecified atom stereocenters. The van der Waals surface area contributed by atoms with Crippen molar-refractivity contribution >= 4 is 22.8 Å². The molecule has 2 aliphatic heterocycles. The van der Waals surface area contributed by atoms with Gasteiger partial charge in [-0.2, -0.15) is 5.10 Å². The normalized spacial score (nSPS) is 21.3. The largest absolute Gasteiger partial charge is 0.397 e. The van der Waals surface area contributed by atoms with Crippen molar-refractivity contribution in [2.75, 3.05) is 39.0 Å². The van der Waals surface area contributed by atoms with Gasteiger partial charge in [0.15, 0.2) is 11.5 Å². The fourth-order valence-corrected chi connectivity index (χ4v) is 4.71. The van der Waals surface area contributed by atoms with Gasteiger partial charge in [0.2, 0.25) is 0 Å². The van der Waals surface area contributed by atoms with Crippen LogP contribution >= 0.6 is 0 Å². The van der Waals surface area contributed by atoms with E-state index in [9.17, 15) is 0 Å². The number of piperazine rings is 1. The molecule has 1 atom stereocenters. The highest BCUT2D eigenvalue weighted by molar-refractivity contribution is 5.92. The van der Waals surface area contributed by atoms with E-state index in [0.29, 0.717) is 11.3 Å². The molecule has 4 aromatic heterocycles. The summed E-state index contributed by atoms with van der Waals surface area (Å²) in [7, 11) is 2.17. The van der Waals surface area contributed by atoms with Gasteiger partial charge in [0.05, 0.1) is 22.5 Å². The Morgan fingerprint density at radius 2 is 1.88 bits per heavy atom. The van der Waals surface area contributed by atoms with E-state index in [-0.39, 0.29) is 5.66 Å². The number of pyridine rings is 2. The molecule has 4 aromatic rings. The zero-order valence-corrected chi connectivity index (χ0v) is 18.6. The smallest absolute Gasteiger partial charge is 0.181 e. The summed E-state index contributed by atoms with van der Waals surface area (Å²) in [6.45, 7) is 6.25. The first-order valence-electron chi connectivity index (χ1n) is 11.0. The number of rotatable bonds is 3. The summed E-state index contributed by atoms with van der Waals surface area (Å²) in [6, 6.07) is 3.94. The lowest BCUT2D eigenvalue weighted by Gasteiger charge is -2.46. The van der Waals surface area contributed by atoms with Crippen LogP contribution in [0.3, 0.4) is 0 Å². The highest BCUT2D eigenvalue weighted by atomic mass is 15.4. The molecule has 168 valence electrons. The summed E-state index contributed by atoms with van der Waals surface area (Å²) in [5, 5.41) is 12.0. The number of fused-ring (bicyclic) bond motifs is 2. The van der Waals surface area contributed by atoms with E-state index >= 15 is 0 Å². The molecule has 1 saturated heterocycles.